The predicted octanol–water partition coefficient (Wildman–Crippen LogP) is 4.03. The van der Waals surface area contributed by atoms with Crippen LogP contribution in [0.4, 0.5) is 13.6 Å². The second-order valence-electron chi connectivity index (χ2n) is 11.9. The molecule has 10 nitrogen and oxygen atoms in total. The number of hydrogen-bond donors (Lipinski definition) is 3. The number of methoxy groups -OCH3 is 1. The van der Waals surface area contributed by atoms with Crippen molar-refractivity contribution in [3.63, 3.8) is 0 Å². The quantitative estimate of drug-likeness (QED) is 0.405. The standard InChI is InChI=1S/C27H39F2N7O3/c1-25(2,3)39-24(37)35-23(17-5-7-27(28,29)8-6-17)19-14-36-22(34-19)11-18(12-33-36)20(15-38-4)32-13-21(31)26(16-30)9-10-26/h11-12,14,17,20-21,23,32H,5-10,13,15,31H2,1-4H3,(H,35,37)/t20-,21+,23+/m1/s1. The van der Waals surface area contributed by atoms with E-state index in [2.05, 4.69) is 21.8 Å². The van der Waals surface area contributed by atoms with Gasteiger partial charge in [0, 0.05) is 32.5 Å². The van der Waals surface area contributed by atoms with E-state index in [1.807, 2.05) is 6.07 Å². The highest BCUT2D eigenvalue weighted by atomic mass is 19.3. The minimum Gasteiger partial charge on any atom is -0.444 e. The molecule has 0 spiro atoms. The third kappa shape index (κ3) is 7.21. The van der Waals surface area contributed by atoms with Gasteiger partial charge >= 0.3 is 6.09 Å². The molecule has 2 aromatic heterocycles. The normalized spacial score (nSPS) is 21.1. The Morgan fingerprint density at radius 3 is 2.59 bits per heavy atom. The minimum absolute atomic E-state index is 0.221. The summed E-state index contributed by atoms with van der Waals surface area (Å²) in [4.78, 5) is 17.4. The lowest BCUT2D eigenvalue weighted by atomic mass is 9.81. The number of nitrogens with two attached hydrogens (primary N) is 1. The number of aromatic nitrogens is 3. The van der Waals surface area contributed by atoms with Crippen LogP contribution in [0.3, 0.4) is 0 Å². The lowest BCUT2D eigenvalue weighted by Gasteiger charge is -2.33. The Kier molecular flexibility index (Phi) is 8.44. The summed E-state index contributed by atoms with van der Waals surface area (Å²) in [6.07, 6.45) is 4.45. The molecule has 2 aliphatic carbocycles. The largest absolute Gasteiger partial charge is 0.444 e. The number of carbonyl (C=O) groups excluding carboxylic acids is 1. The van der Waals surface area contributed by atoms with Gasteiger partial charge < -0.3 is 25.8 Å². The Labute approximate surface area is 227 Å². The third-order valence-electron chi connectivity index (χ3n) is 7.62. The summed E-state index contributed by atoms with van der Waals surface area (Å²) < 4.78 is 40.3. The van der Waals surface area contributed by atoms with Crippen molar-refractivity contribution in [3.8, 4) is 6.07 Å². The maximum Gasteiger partial charge on any atom is 0.408 e. The molecule has 2 aromatic rings. The molecule has 4 rings (SSSR count). The molecular formula is C27H39F2N7O3. The lowest BCUT2D eigenvalue weighted by Crippen LogP contribution is -2.42. The summed E-state index contributed by atoms with van der Waals surface area (Å²) in [6.45, 7) is 6.10. The van der Waals surface area contributed by atoms with Gasteiger partial charge in [-0.25, -0.2) is 23.1 Å². The molecule has 1 amide bonds. The zero-order valence-corrected chi connectivity index (χ0v) is 23.0. The van der Waals surface area contributed by atoms with E-state index < -0.39 is 29.1 Å². The van der Waals surface area contributed by atoms with Crippen LogP contribution in [-0.4, -0.2) is 58.5 Å². The maximum absolute atomic E-state index is 13.9. The SMILES string of the molecule is COC[C@@H](NC[C@H](N)C1(C#N)CC1)c1cnn2cc([C@@H](NC(=O)OC(C)(C)C)C3CCC(F)(F)CC3)nc2c1. The van der Waals surface area contributed by atoms with E-state index in [9.17, 15) is 18.8 Å². The molecule has 12 heteroatoms. The smallest absolute Gasteiger partial charge is 0.408 e. The number of nitriles is 1. The van der Waals surface area contributed by atoms with Crippen LogP contribution in [-0.2, 0) is 9.47 Å². The molecule has 2 saturated carbocycles. The van der Waals surface area contributed by atoms with Crippen molar-refractivity contribution >= 4 is 11.7 Å². The number of nitrogens with zero attached hydrogens (tertiary/aromatic N) is 4. The van der Waals surface area contributed by atoms with E-state index in [0.29, 0.717) is 24.5 Å². The topological polar surface area (TPSA) is 140 Å². The van der Waals surface area contributed by atoms with E-state index in [0.717, 1.165) is 18.4 Å². The van der Waals surface area contributed by atoms with Gasteiger partial charge in [-0.1, -0.05) is 0 Å². The zero-order chi connectivity index (χ0) is 28.4. The fourth-order valence-electron chi connectivity index (χ4n) is 5.12. The van der Waals surface area contributed by atoms with Crippen molar-refractivity contribution in [2.45, 2.75) is 88.9 Å². The van der Waals surface area contributed by atoms with Gasteiger partial charge in [0.05, 0.1) is 48.3 Å². The van der Waals surface area contributed by atoms with E-state index in [1.165, 1.54) is 0 Å². The number of amides is 1. The van der Waals surface area contributed by atoms with Crippen molar-refractivity contribution in [3.05, 3.63) is 29.7 Å². The monoisotopic (exact) mass is 547 g/mol. The molecule has 4 N–H and O–H groups in total. The first kappa shape index (κ1) is 29.1. The predicted molar refractivity (Wildman–Crippen MR) is 140 cm³/mol. The summed E-state index contributed by atoms with van der Waals surface area (Å²) in [7, 11) is 1.60. The van der Waals surface area contributed by atoms with Gasteiger partial charge in [-0.3, -0.25) is 0 Å². The van der Waals surface area contributed by atoms with Crippen molar-refractivity contribution < 1.29 is 23.0 Å². The highest BCUT2D eigenvalue weighted by molar-refractivity contribution is 5.68. The molecule has 0 unspecified atom stereocenters. The average molecular weight is 548 g/mol. The third-order valence-corrected chi connectivity index (χ3v) is 7.62. The van der Waals surface area contributed by atoms with Crippen LogP contribution < -0.4 is 16.4 Å². The maximum atomic E-state index is 13.9. The van der Waals surface area contributed by atoms with E-state index in [4.69, 9.17) is 20.2 Å². The molecular weight excluding hydrogens is 508 g/mol. The second kappa shape index (κ2) is 11.3. The number of fused-ring (bicyclic) bond motifs is 1. The van der Waals surface area contributed by atoms with E-state index >= 15 is 0 Å². The first-order chi connectivity index (χ1) is 18.3. The molecule has 0 aliphatic heterocycles. The second-order valence-corrected chi connectivity index (χ2v) is 11.9. The Bertz CT molecular complexity index is 1190. The lowest BCUT2D eigenvalue weighted by molar-refractivity contribution is -0.0500. The summed E-state index contributed by atoms with van der Waals surface area (Å²) >= 11 is 0. The molecule has 2 aliphatic rings. The van der Waals surface area contributed by atoms with Gasteiger partial charge in [0.1, 0.15) is 5.60 Å². The molecule has 0 saturated heterocycles. The van der Waals surface area contributed by atoms with Crippen LogP contribution in [0.1, 0.15) is 82.6 Å². The molecule has 0 radical (unpaired) electrons. The molecule has 0 bridgehead atoms. The minimum atomic E-state index is -2.69. The molecule has 0 aromatic carbocycles. The van der Waals surface area contributed by atoms with Gasteiger partial charge in [-0.15, -0.1) is 0 Å². The molecule has 2 heterocycles. The van der Waals surface area contributed by atoms with Crippen LogP contribution in [0.2, 0.25) is 0 Å². The van der Waals surface area contributed by atoms with Crippen molar-refractivity contribution in [2.24, 2.45) is 17.1 Å². The summed E-state index contributed by atoms with van der Waals surface area (Å²) in [5.74, 6) is -2.92. The Morgan fingerprint density at radius 2 is 2.00 bits per heavy atom. The number of ether oxygens (including phenoxy) is 2. The number of hydrogen-bond acceptors (Lipinski definition) is 8. The fraction of sp³-hybridized carbons (Fsp3) is 0.704. The summed E-state index contributed by atoms with van der Waals surface area (Å²) in [5, 5.41) is 20.2. The average Bonchev–Trinajstić information content (AvgIpc) is 3.55. The molecule has 3 atom stereocenters. The van der Waals surface area contributed by atoms with E-state index in [-0.39, 0.29) is 43.7 Å². The number of imidazole rings is 1. The highest BCUT2D eigenvalue weighted by Gasteiger charge is 2.48. The number of halogens is 2. The first-order valence-corrected chi connectivity index (χ1v) is 13.5. The molecule has 39 heavy (non-hydrogen) atoms. The summed E-state index contributed by atoms with van der Waals surface area (Å²) in [6, 6.07) is 3.08. The van der Waals surface area contributed by atoms with Crippen molar-refractivity contribution in [1.29, 1.82) is 5.26 Å². The van der Waals surface area contributed by atoms with Crippen molar-refractivity contribution in [1.82, 2.24) is 25.2 Å². The van der Waals surface area contributed by atoms with Gasteiger partial charge in [-0.05, 0) is 64.0 Å². The number of rotatable bonds is 10. The fourth-order valence-corrected chi connectivity index (χ4v) is 5.12. The van der Waals surface area contributed by atoms with Gasteiger partial charge in [0.15, 0.2) is 5.65 Å². The molecule has 2 fully saturated rings. The zero-order valence-electron chi connectivity index (χ0n) is 23.0. The van der Waals surface area contributed by atoms with Crippen LogP contribution in [0.25, 0.3) is 5.65 Å². The number of nitrogens with one attached hydrogen (secondary N) is 2. The van der Waals surface area contributed by atoms with Crippen LogP contribution in [0.15, 0.2) is 18.5 Å². The van der Waals surface area contributed by atoms with Crippen molar-refractivity contribution in [2.75, 3.05) is 20.3 Å². The van der Waals surface area contributed by atoms with E-state index in [1.54, 1.807) is 44.8 Å². The number of alkyl halides is 2. The van der Waals surface area contributed by atoms with Gasteiger partial charge in [0.25, 0.3) is 0 Å². The van der Waals surface area contributed by atoms with Crippen LogP contribution >= 0.6 is 0 Å². The van der Waals surface area contributed by atoms with Crippen LogP contribution in [0, 0.1) is 22.7 Å². The summed E-state index contributed by atoms with van der Waals surface area (Å²) in [5.41, 5.74) is 7.03. The Morgan fingerprint density at radius 1 is 1.31 bits per heavy atom. The number of alkyl carbamates (subject to hydrolysis) is 1. The molecule has 214 valence electrons. The Balaban J connectivity index is 1.55. The van der Waals surface area contributed by atoms with Gasteiger partial charge in [-0.2, -0.15) is 10.4 Å². The van der Waals surface area contributed by atoms with Gasteiger partial charge in [0.2, 0.25) is 5.92 Å². The Hall–Kier alpha value is -2.88. The number of carbonyl (C=O) groups is 1. The van der Waals surface area contributed by atoms with Crippen LogP contribution in [0.5, 0.6) is 0 Å². The highest BCUT2D eigenvalue weighted by Crippen LogP contribution is 2.47. The first-order valence-electron chi connectivity index (χ1n) is 13.5.